The van der Waals surface area contributed by atoms with Crippen LogP contribution in [-0.2, 0) is 6.54 Å². The molecule has 0 radical (unpaired) electrons. The van der Waals surface area contributed by atoms with Gasteiger partial charge in [-0.3, -0.25) is 0 Å². The molecule has 2 N–H and O–H groups in total. The molecule has 0 aliphatic rings. The first-order chi connectivity index (χ1) is 11.9. The highest BCUT2D eigenvalue weighted by Gasteiger charge is 2.26. The summed E-state index contributed by atoms with van der Waals surface area (Å²) in [6.45, 7) is 5.12. The number of ether oxygens (including phenoxy) is 2. The third kappa shape index (κ3) is 9.93. The Balaban J connectivity index is 0.00000625. The smallest absolute Gasteiger partial charge is 0.390 e. The SMILES string of the molecule is CCCOc1ccc(CN=C(NCC)NCCC(F)(F)F)cc1OC.I. The van der Waals surface area contributed by atoms with Crippen LogP contribution in [0.4, 0.5) is 13.2 Å². The van der Waals surface area contributed by atoms with E-state index in [0.29, 0.717) is 37.2 Å². The third-order valence-electron chi connectivity index (χ3n) is 3.15. The van der Waals surface area contributed by atoms with E-state index in [-0.39, 0.29) is 30.5 Å². The molecule has 9 heteroatoms. The zero-order valence-electron chi connectivity index (χ0n) is 15.3. The predicted octanol–water partition coefficient (Wildman–Crippen LogP) is 4.11. The fourth-order valence-electron chi connectivity index (χ4n) is 1.98. The summed E-state index contributed by atoms with van der Waals surface area (Å²) in [6.07, 6.45) is -4.20. The van der Waals surface area contributed by atoms with Crippen LogP contribution in [0.1, 0.15) is 32.3 Å². The van der Waals surface area contributed by atoms with Gasteiger partial charge in [-0.15, -0.1) is 24.0 Å². The molecule has 150 valence electrons. The summed E-state index contributed by atoms with van der Waals surface area (Å²) in [5.41, 5.74) is 0.869. The van der Waals surface area contributed by atoms with Gasteiger partial charge < -0.3 is 20.1 Å². The molecule has 0 unspecified atom stereocenters. The number of nitrogens with one attached hydrogen (secondary N) is 2. The molecule has 1 aromatic rings. The van der Waals surface area contributed by atoms with Crippen LogP contribution < -0.4 is 20.1 Å². The van der Waals surface area contributed by atoms with Gasteiger partial charge in [0.05, 0.1) is 26.7 Å². The maximum atomic E-state index is 12.2. The average Bonchev–Trinajstić information content (AvgIpc) is 2.57. The first-order valence-electron chi connectivity index (χ1n) is 8.28. The van der Waals surface area contributed by atoms with E-state index in [4.69, 9.17) is 9.47 Å². The van der Waals surface area contributed by atoms with Gasteiger partial charge in [0.25, 0.3) is 0 Å². The highest BCUT2D eigenvalue weighted by molar-refractivity contribution is 14.0. The van der Waals surface area contributed by atoms with Crippen LogP contribution in [0.15, 0.2) is 23.2 Å². The largest absolute Gasteiger partial charge is 0.493 e. The predicted molar refractivity (Wildman–Crippen MR) is 108 cm³/mol. The first kappa shape index (κ1) is 24.6. The highest BCUT2D eigenvalue weighted by atomic mass is 127. The van der Waals surface area contributed by atoms with Gasteiger partial charge in [-0.2, -0.15) is 13.2 Å². The quantitative estimate of drug-likeness (QED) is 0.312. The van der Waals surface area contributed by atoms with E-state index in [0.717, 1.165) is 12.0 Å². The lowest BCUT2D eigenvalue weighted by molar-refractivity contribution is -0.132. The number of nitrogens with zero attached hydrogens (tertiary/aromatic N) is 1. The molecule has 0 saturated carbocycles. The molecule has 1 rings (SSSR count). The Morgan fingerprint density at radius 2 is 1.88 bits per heavy atom. The van der Waals surface area contributed by atoms with Crippen LogP contribution in [0.25, 0.3) is 0 Å². The van der Waals surface area contributed by atoms with Crippen LogP contribution >= 0.6 is 24.0 Å². The van der Waals surface area contributed by atoms with Crippen molar-refractivity contribution in [2.75, 3.05) is 26.8 Å². The number of halogens is 4. The number of hydrogen-bond acceptors (Lipinski definition) is 3. The molecule has 26 heavy (non-hydrogen) atoms. The minimum Gasteiger partial charge on any atom is -0.493 e. The second-order valence-corrected chi connectivity index (χ2v) is 5.32. The molecule has 5 nitrogen and oxygen atoms in total. The molecule has 0 fully saturated rings. The zero-order valence-corrected chi connectivity index (χ0v) is 17.6. The summed E-state index contributed by atoms with van der Waals surface area (Å²) >= 11 is 0. The average molecular weight is 489 g/mol. The Labute approximate surface area is 169 Å². The Morgan fingerprint density at radius 3 is 2.46 bits per heavy atom. The molecular formula is C17H27F3IN3O2. The van der Waals surface area contributed by atoms with E-state index in [9.17, 15) is 13.2 Å². The highest BCUT2D eigenvalue weighted by Crippen LogP contribution is 2.28. The summed E-state index contributed by atoms with van der Waals surface area (Å²) in [6, 6.07) is 5.48. The second-order valence-electron chi connectivity index (χ2n) is 5.32. The minimum absolute atomic E-state index is 0. The number of alkyl halides is 3. The van der Waals surface area contributed by atoms with Crippen molar-refractivity contribution in [2.24, 2.45) is 4.99 Å². The Bertz CT molecular complexity index is 555. The summed E-state index contributed by atoms with van der Waals surface area (Å²) in [5.74, 6) is 1.61. The standard InChI is InChI=1S/C17H26F3N3O2.HI/c1-4-10-25-14-7-6-13(11-15(14)24-3)12-23-16(21-5-2)22-9-8-17(18,19)20;/h6-7,11H,4-5,8-10,12H2,1-3H3,(H2,21,22,23);1H. The van der Waals surface area contributed by atoms with Gasteiger partial charge in [0.1, 0.15) is 0 Å². The monoisotopic (exact) mass is 489 g/mol. The van der Waals surface area contributed by atoms with Crippen molar-refractivity contribution >= 4 is 29.9 Å². The molecule has 0 amide bonds. The lowest BCUT2D eigenvalue weighted by Gasteiger charge is -2.13. The van der Waals surface area contributed by atoms with Crippen molar-refractivity contribution in [3.8, 4) is 11.5 Å². The van der Waals surface area contributed by atoms with Gasteiger partial charge in [-0.05, 0) is 31.0 Å². The fourth-order valence-corrected chi connectivity index (χ4v) is 1.98. The third-order valence-corrected chi connectivity index (χ3v) is 3.15. The minimum atomic E-state index is -4.19. The molecule has 0 aliphatic carbocycles. The molecule has 0 bridgehead atoms. The molecule has 0 saturated heterocycles. The van der Waals surface area contributed by atoms with Crippen LogP contribution in [0.5, 0.6) is 11.5 Å². The van der Waals surface area contributed by atoms with Crippen molar-refractivity contribution in [2.45, 2.75) is 39.4 Å². The number of hydrogen-bond donors (Lipinski definition) is 2. The number of methoxy groups -OCH3 is 1. The lowest BCUT2D eigenvalue weighted by atomic mass is 10.2. The molecule has 0 heterocycles. The van der Waals surface area contributed by atoms with E-state index in [1.165, 1.54) is 0 Å². The molecule has 0 spiro atoms. The van der Waals surface area contributed by atoms with E-state index in [1.807, 2.05) is 32.0 Å². The van der Waals surface area contributed by atoms with Gasteiger partial charge in [-0.1, -0.05) is 13.0 Å². The summed E-state index contributed by atoms with van der Waals surface area (Å²) < 4.78 is 47.6. The van der Waals surface area contributed by atoms with Crippen molar-refractivity contribution in [3.63, 3.8) is 0 Å². The molecule has 1 aromatic carbocycles. The first-order valence-corrected chi connectivity index (χ1v) is 8.28. The second kappa shape index (κ2) is 12.9. The van der Waals surface area contributed by atoms with Crippen LogP contribution in [-0.4, -0.2) is 38.9 Å². The maximum Gasteiger partial charge on any atom is 0.390 e. The van der Waals surface area contributed by atoms with Gasteiger partial charge in [0.15, 0.2) is 17.5 Å². The zero-order chi connectivity index (χ0) is 18.7. The lowest BCUT2D eigenvalue weighted by Crippen LogP contribution is -2.38. The van der Waals surface area contributed by atoms with Crippen molar-refractivity contribution < 1.29 is 22.6 Å². The fraction of sp³-hybridized carbons (Fsp3) is 0.588. The summed E-state index contributed by atoms with van der Waals surface area (Å²) in [5, 5.41) is 5.60. The van der Waals surface area contributed by atoms with Gasteiger partial charge in [-0.25, -0.2) is 4.99 Å². The van der Waals surface area contributed by atoms with Gasteiger partial charge in [0, 0.05) is 13.1 Å². The molecule has 0 atom stereocenters. The molecule has 0 aliphatic heterocycles. The van der Waals surface area contributed by atoms with Gasteiger partial charge in [0.2, 0.25) is 0 Å². The number of benzene rings is 1. The van der Waals surface area contributed by atoms with Crippen LogP contribution in [0.3, 0.4) is 0 Å². The van der Waals surface area contributed by atoms with E-state index >= 15 is 0 Å². The maximum absolute atomic E-state index is 12.2. The van der Waals surface area contributed by atoms with Crippen LogP contribution in [0.2, 0.25) is 0 Å². The number of guanidine groups is 1. The summed E-state index contributed by atoms with van der Waals surface area (Å²) in [7, 11) is 1.56. The number of aliphatic imine (C=N–C) groups is 1. The number of rotatable bonds is 9. The van der Waals surface area contributed by atoms with E-state index in [1.54, 1.807) is 7.11 Å². The Hall–Kier alpha value is -1.39. The van der Waals surface area contributed by atoms with E-state index < -0.39 is 12.6 Å². The van der Waals surface area contributed by atoms with E-state index in [2.05, 4.69) is 15.6 Å². The Morgan fingerprint density at radius 1 is 1.15 bits per heavy atom. The van der Waals surface area contributed by atoms with Crippen molar-refractivity contribution in [1.82, 2.24) is 10.6 Å². The summed E-state index contributed by atoms with van der Waals surface area (Å²) in [4.78, 5) is 4.30. The molecular weight excluding hydrogens is 462 g/mol. The normalized spacial score (nSPS) is 11.5. The molecule has 0 aromatic heterocycles. The van der Waals surface area contributed by atoms with Crippen molar-refractivity contribution in [3.05, 3.63) is 23.8 Å². The van der Waals surface area contributed by atoms with Gasteiger partial charge >= 0.3 is 6.18 Å². The van der Waals surface area contributed by atoms with Crippen molar-refractivity contribution in [1.29, 1.82) is 0 Å². The Kier molecular flexibility index (Phi) is 12.2. The topological polar surface area (TPSA) is 54.9 Å². The van der Waals surface area contributed by atoms with Crippen LogP contribution in [0, 0.1) is 0 Å².